The molecule has 0 N–H and O–H groups in total. The Hall–Kier alpha value is -4.05. The summed E-state index contributed by atoms with van der Waals surface area (Å²) in [6, 6.07) is 15.3. The second-order valence-corrected chi connectivity index (χ2v) is 6.42. The van der Waals surface area contributed by atoms with Crippen LogP contribution in [0.4, 0.5) is 10.1 Å². The van der Waals surface area contributed by atoms with E-state index in [2.05, 4.69) is 0 Å². The van der Waals surface area contributed by atoms with Crippen molar-refractivity contribution in [3.05, 3.63) is 98.6 Å². The number of hydrogen-bond donors (Lipinski definition) is 0. The molecule has 0 atom stereocenters. The molecule has 1 aromatic heterocycles. The number of hydrogen-bond acceptors (Lipinski definition) is 4. The fourth-order valence-electron chi connectivity index (χ4n) is 3.18. The Bertz CT molecular complexity index is 1200. The fraction of sp³-hybridized carbons (Fsp3) is 0.0909. The Morgan fingerprint density at radius 3 is 2.55 bits per heavy atom. The Morgan fingerprint density at radius 1 is 1.17 bits per heavy atom. The van der Waals surface area contributed by atoms with Crippen molar-refractivity contribution in [3.63, 3.8) is 0 Å². The van der Waals surface area contributed by atoms with Gasteiger partial charge in [0.15, 0.2) is 0 Å². The highest BCUT2D eigenvalue weighted by molar-refractivity contribution is 6.14. The van der Waals surface area contributed by atoms with E-state index >= 15 is 0 Å². The van der Waals surface area contributed by atoms with Gasteiger partial charge in [0.2, 0.25) is 5.78 Å². The highest BCUT2D eigenvalue weighted by Gasteiger charge is 2.21. The van der Waals surface area contributed by atoms with E-state index in [0.29, 0.717) is 22.6 Å². The number of aryl methyl sites for hydroxylation is 1. The summed E-state index contributed by atoms with van der Waals surface area (Å²) in [5, 5.41) is 20.4. The van der Waals surface area contributed by atoms with Crippen molar-refractivity contribution in [1.82, 2.24) is 4.57 Å². The molecule has 0 spiro atoms. The SMILES string of the molecule is Cc1cc(C(=O)/C(C#N)=C/c2cccc([N+](=O)[O-])c2)c(C)n1-c1ccccc1F. The molecule has 0 saturated carbocycles. The highest BCUT2D eigenvalue weighted by Crippen LogP contribution is 2.25. The van der Waals surface area contributed by atoms with Crippen molar-refractivity contribution in [1.29, 1.82) is 5.26 Å². The van der Waals surface area contributed by atoms with Crippen molar-refractivity contribution in [2.75, 3.05) is 0 Å². The van der Waals surface area contributed by atoms with Crippen LogP contribution < -0.4 is 0 Å². The van der Waals surface area contributed by atoms with Gasteiger partial charge in [-0.05, 0) is 43.7 Å². The molecule has 2 aromatic carbocycles. The van der Waals surface area contributed by atoms with Crippen molar-refractivity contribution >= 4 is 17.5 Å². The largest absolute Gasteiger partial charge is 0.315 e. The second kappa shape index (κ2) is 7.90. The molecular weight excluding hydrogens is 373 g/mol. The molecule has 0 saturated heterocycles. The minimum atomic E-state index is -0.548. The molecule has 29 heavy (non-hydrogen) atoms. The van der Waals surface area contributed by atoms with E-state index in [-0.39, 0.29) is 16.8 Å². The molecule has 0 aliphatic rings. The van der Waals surface area contributed by atoms with Gasteiger partial charge in [-0.3, -0.25) is 14.9 Å². The van der Waals surface area contributed by atoms with Gasteiger partial charge in [0.05, 0.1) is 10.6 Å². The van der Waals surface area contributed by atoms with Crippen LogP contribution in [0, 0.1) is 41.1 Å². The predicted molar refractivity (Wildman–Crippen MR) is 106 cm³/mol. The third-order valence-corrected chi connectivity index (χ3v) is 4.53. The van der Waals surface area contributed by atoms with Gasteiger partial charge in [-0.1, -0.05) is 24.3 Å². The first-order chi connectivity index (χ1) is 13.8. The van der Waals surface area contributed by atoms with E-state index in [1.54, 1.807) is 48.7 Å². The van der Waals surface area contributed by atoms with Gasteiger partial charge in [0, 0.05) is 29.1 Å². The van der Waals surface area contributed by atoms with Crippen LogP contribution in [0.5, 0.6) is 0 Å². The van der Waals surface area contributed by atoms with E-state index in [0.717, 1.165) is 0 Å². The van der Waals surface area contributed by atoms with Gasteiger partial charge in [-0.25, -0.2) is 4.39 Å². The lowest BCUT2D eigenvalue weighted by molar-refractivity contribution is -0.384. The normalized spacial score (nSPS) is 11.2. The number of nitro benzene ring substituents is 1. The molecule has 0 unspecified atom stereocenters. The van der Waals surface area contributed by atoms with Gasteiger partial charge >= 0.3 is 0 Å². The lowest BCUT2D eigenvalue weighted by Gasteiger charge is -2.10. The summed E-state index contributed by atoms with van der Waals surface area (Å²) in [4.78, 5) is 23.4. The molecule has 0 aliphatic heterocycles. The fourth-order valence-corrected chi connectivity index (χ4v) is 3.18. The summed E-state index contributed by atoms with van der Waals surface area (Å²) in [6.45, 7) is 3.42. The number of ketones is 1. The molecule has 0 bridgehead atoms. The first-order valence-corrected chi connectivity index (χ1v) is 8.68. The number of nitriles is 1. The minimum Gasteiger partial charge on any atom is -0.315 e. The summed E-state index contributed by atoms with van der Waals surface area (Å²) in [7, 11) is 0. The molecule has 6 nitrogen and oxygen atoms in total. The van der Waals surface area contributed by atoms with Crippen LogP contribution in [0.3, 0.4) is 0 Å². The van der Waals surface area contributed by atoms with Crippen LogP contribution >= 0.6 is 0 Å². The highest BCUT2D eigenvalue weighted by atomic mass is 19.1. The number of aromatic nitrogens is 1. The summed E-state index contributed by atoms with van der Waals surface area (Å²) >= 11 is 0. The lowest BCUT2D eigenvalue weighted by atomic mass is 10.0. The zero-order valence-electron chi connectivity index (χ0n) is 15.7. The number of nitrogens with zero attached hydrogens (tertiary/aromatic N) is 3. The van der Waals surface area contributed by atoms with E-state index in [1.807, 2.05) is 6.07 Å². The molecule has 3 aromatic rings. The van der Waals surface area contributed by atoms with Gasteiger partial charge in [-0.15, -0.1) is 0 Å². The summed E-state index contributed by atoms with van der Waals surface area (Å²) in [5.74, 6) is -0.962. The zero-order valence-corrected chi connectivity index (χ0v) is 15.7. The maximum Gasteiger partial charge on any atom is 0.270 e. The van der Waals surface area contributed by atoms with Crippen molar-refractivity contribution in [3.8, 4) is 11.8 Å². The Morgan fingerprint density at radius 2 is 1.90 bits per heavy atom. The molecule has 0 aliphatic carbocycles. The van der Waals surface area contributed by atoms with Gasteiger partial charge in [0.25, 0.3) is 5.69 Å². The van der Waals surface area contributed by atoms with E-state index < -0.39 is 16.5 Å². The predicted octanol–water partition coefficient (Wildman–Crippen LogP) is 4.93. The molecule has 1 heterocycles. The van der Waals surface area contributed by atoms with Gasteiger partial charge in [-0.2, -0.15) is 5.26 Å². The molecule has 0 fully saturated rings. The van der Waals surface area contributed by atoms with Crippen LogP contribution in [0.25, 0.3) is 11.8 Å². The van der Waals surface area contributed by atoms with Gasteiger partial charge in [0.1, 0.15) is 17.5 Å². The number of carbonyl (C=O) groups excluding carboxylic acids is 1. The standard InChI is InChI=1S/C22H16FN3O3/c1-14-10-19(15(2)25(14)21-9-4-3-8-20(21)23)22(27)17(13-24)11-16-6-5-7-18(12-16)26(28)29/h3-12H,1-2H3/b17-11+. The number of allylic oxidation sites excluding steroid dienone is 1. The molecule has 3 rings (SSSR count). The number of non-ortho nitro benzene ring substituents is 1. The average molecular weight is 389 g/mol. The number of benzene rings is 2. The third kappa shape index (κ3) is 3.82. The number of Topliss-reactive ketones (excluding diaryl/α,β-unsaturated/α-hetero) is 1. The maximum absolute atomic E-state index is 14.2. The zero-order chi connectivity index (χ0) is 21.1. The van der Waals surface area contributed by atoms with Crippen molar-refractivity contribution < 1.29 is 14.1 Å². The topological polar surface area (TPSA) is 88.9 Å². The third-order valence-electron chi connectivity index (χ3n) is 4.53. The summed E-state index contributed by atoms with van der Waals surface area (Å²) < 4.78 is 15.9. The molecule has 0 radical (unpaired) electrons. The molecule has 7 heteroatoms. The number of carbonyl (C=O) groups is 1. The smallest absolute Gasteiger partial charge is 0.270 e. The van der Waals surface area contributed by atoms with Crippen LogP contribution in [0.15, 0.2) is 60.2 Å². The number of nitro groups is 1. The second-order valence-electron chi connectivity index (χ2n) is 6.42. The maximum atomic E-state index is 14.2. The van der Waals surface area contributed by atoms with Gasteiger partial charge < -0.3 is 4.57 Å². The minimum absolute atomic E-state index is 0.138. The quantitative estimate of drug-likeness (QED) is 0.203. The first-order valence-electron chi connectivity index (χ1n) is 8.68. The Kier molecular flexibility index (Phi) is 5.37. The summed E-state index contributed by atoms with van der Waals surface area (Å²) in [6.07, 6.45) is 1.31. The molecular formula is C22H16FN3O3. The van der Waals surface area contributed by atoms with E-state index in [1.165, 1.54) is 30.3 Å². The van der Waals surface area contributed by atoms with Crippen LogP contribution in [0.1, 0.15) is 27.3 Å². The Balaban J connectivity index is 2.05. The summed E-state index contributed by atoms with van der Waals surface area (Å²) in [5.41, 5.74) is 1.78. The monoisotopic (exact) mass is 389 g/mol. The van der Waals surface area contributed by atoms with Crippen LogP contribution in [-0.4, -0.2) is 15.3 Å². The first kappa shape index (κ1) is 19.7. The molecule has 0 amide bonds. The van der Waals surface area contributed by atoms with Crippen LogP contribution in [-0.2, 0) is 0 Å². The Labute approximate surface area is 166 Å². The van der Waals surface area contributed by atoms with Crippen LogP contribution in [0.2, 0.25) is 0 Å². The van der Waals surface area contributed by atoms with Crippen molar-refractivity contribution in [2.45, 2.75) is 13.8 Å². The van der Waals surface area contributed by atoms with Crippen molar-refractivity contribution in [2.24, 2.45) is 0 Å². The van der Waals surface area contributed by atoms with E-state index in [4.69, 9.17) is 0 Å². The average Bonchev–Trinajstić information content (AvgIpc) is 3.00. The lowest BCUT2D eigenvalue weighted by Crippen LogP contribution is -2.06. The number of rotatable bonds is 5. The number of halogens is 1. The number of para-hydroxylation sites is 1. The van der Waals surface area contributed by atoms with E-state index in [9.17, 15) is 24.6 Å². The molecule has 144 valence electrons.